The molecule has 2 aromatic carbocycles. The maximum absolute atomic E-state index is 13.3. The fraction of sp³-hybridized carbons (Fsp3) is 0.391. The lowest BCUT2D eigenvalue weighted by molar-refractivity contribution is -0.123. The highest BCUT2D eigenvalue weighted by Crippen LogP contribution is 2.24. The summed E-state index contributed by atoms with van der Waals surface area (Å²) >= 11 is 0. The topological polar surface area (TPSA) is 52.7 Å². The van der Waals surface area contributed by atoms with Gasteiger partial charge in [-0.25, -0.2) is 4.79 Å². The number of amides is 3. The Morgan fingerprint density at radius 1 is 1.07 bits per heavy atom. The van der Waals surface area contributed by atoms with Crippen LogP contribution in [0.3, 0.4) is 0 Å². The van der Waals surface area contributed by atoms with Gasteiger partial charge in [-0.05, 0) is 43.5 Å². The number of para-hydroxylation sites is 2. The van der Waals surface area contributed by atoms with E-state index >= 15 is 0 Å². The smallest absolute Gasteiger partial charge is 0.321 e. The Bertz CT molecular complexity index is 764. The molecule has 1 N–H and O–H groups in total. The molecule has 1 fully saturated rings. The first-order chi connectivity index (χ1) is 13.7. The summed E-state index contributed by atoms with van der Waals surface area (Å²) in [6.07, 6.45) is 3.66. The van der Waals surface area contributed by atoms with Gasteiger partial charge in [0.25, 0.3) is 0 Å². The van der Waals surface area contributed by atoms with Crippen LogP contribution in [0.4, 0.5) is 16.2 Å². The van der Waals surface area contributed by atoms with Gasteiger partial charge in [0.1, 0.15) is 0 Å². The normalized spacial score (nSPS) is 16.5. The van der Waals surface area contributed by atoms with E-state index in [1.165, 1.54) is 0 Å². The molecule has 1 aliphatic rings. The number of unbranched alkanes of at least 4 members (excludes halogenated alkanes) is 1. The Morgan fingerprint density at radius 3 is 2.43 bits per heavy atom. The summed E-state index contributed by atoms with van der Waals surface area (Å²) in [7, 11) is 0. The zero-order valence-corrected chi connectivity index (χ0v) is 16.5. The van der Waals surface area contributed by atoms with Crippen LogP contribution in [0.25, 0.3) is 0 Å². The van der Waals surface area contributed by atoms with Crippen LogP contribution >= 0.6 is 0 Å². The van der Waals surface area contributed by atoms with Crippen LogP contribution in [-0.2, 0) is 4.79 Å². The van der Waals surface area contributed by atoms with E-state index in [4.69, 9.17) is 0 Å². The second-order valence-electron chi connectivity index (χ2n) is 7.26. The van der Waals surface area contributed by atoms with E-state index in [0.717, 1.165) is 37.1 Å². The maximum Gasteiger partial charge on any atom is 0.321 e. The number of carbonyl (C=O) groups excluding carboxylic acids is 2. The Balaban J connectivity index is 1.67. The summed E-state index contributed by atoms with van der Waals surface area (Å²) in [5.74, 6) is -0.0378. The number of hydrogen-bond donors (Lipinski definition) is 1. The van der Waals surface area contributed by atoms with Gasteiger partial charge in [-0.3, -0.25) is 4.79 Å². The third-order valence-electron chi connectivity index (χ3n) is 5.15. The van der Waals surface area contributed by atoms with Crippen molar-refractivity contribution >= 4 is 23.3 Å². The molecule has 1 atom stereocenters. The summed E-state index contributed by atoms with van der Waals surface area (Å²) in [5.41, 5.74) is 1.71. The van der Waals surface area contributed by atoms with E-state index in [1.807, 2.05) is 65.6 Å². The van der Waals surface area contributed by atoms with Gasteiger partial charge in [-0.1, -0.05) is 49.7 Å². The molecule has 1 saturated heterocycles. The Kier molecular flexibility index (Phi) is 7.06. The minimum absolute atomic E-state index is 0.122. The molecule has 5 nitrogen and oxygen atoms in total. The lowest BCUT2D eigenvalue weighted by Gasteiger charge is -2.35. The van der Waals surface area contributed by atoms with Crippen molar-refractivity contribution in [2.45, 2.75) is 32.6 Å². The molecule has 0 bridgehead atoms. The summed E-state index contributed by atoms with van der Waals surface area (Å²) in [6.45, 7) is 3.99. The molecular formula is C23H29N3O2. The average molecular weight is 380 g/mol. The first-order valence-electron chi connectivity index (χ1n) is 10.2. The maximum atomic E-state index is 13.3. The van der Waals surface area contributed by atoms with Gasteiger partial charge in [0.05, 0.1) is 5.92 Å². The Labute approximate surface area is 167 Å². The largest absolute Gasteiger partial charge is 0.324 e. The number of carbonyl (C=O) groups is 2. The van der Waals surface area contributed by atoms with Crippen molar-refractivity contribution < 1.29 is 9.59 Å². The highest BCUT2D eigenvalue weighted by Gasteiger charge is 2.31. The predicted molar refractivity (Wildman–Crippen MR) is 113 cm³/mol. The van der Waals surface area contributed by atoms with Gasteiger partial charge in [0.15, 0.2) is 0 Å². The number of rotatable bonds is 6. The molecule has 1 unspecified atom stereocenters. The number of nitrogens with one attached hydrogen (secondary N) is 1. The van der Waals surface area contributed by atoms with Crippen LogP contribution in [0.1, 0.15) is 32.6 Å². The molecule has 0 radical (unpaired) electrons. The molecule has 1 heterocycles. The van der Waals surface area contributed by atoms with Crippen molar-refractivity contribution in [1.82, 2.24) is 4.90 Å². The molecule has 0 spiro atoms. The van der Waals surface area contributed by atoms with Crippen molar-refractivity contribution in [2.75, 3.05) is 29.9 Å². The second-order valence-corrected chi connectivity index (χ2v) is 7.26. The van der Waals surface area contributed by atoms with Gasteiger partial charge in [0, 0.05) is 31.0 Å². The minimum Gasteiger partial charge on any atom is -0.324 e. The summed E-state index contributed by atoms with van der Waals surface area (Å²) in [6, 6.07) is 19.1. The van der Waals surface area contributed by atoms with Crippen molar-refractivity contribution in [3.8, 4) is 0 Å². The van der Waals surface area contributed by atoms with Crippen LogP contribution in [0.2, 0.25) is 0 Å². The second kappa shape index (κ2) is 9.93. The van der Waals surface area contributed by atoms with Crippen LogP contribution < -0.4 is 10.2 Å². The number of piperidine rings is 1. The molecular weight excluding hydrogens is 350 g/mol. The van der Waals surface area contributed by atoms with Crippen LogP contribution in [-0.4, -0.2) is 36.5 Å². The molecule has 28 heavy (non-hydrogen) atoms. The zero-order valence-electron chi connectivity index (χ0n) is 16.5. The first kappa shape index (κ1) is 19.9. The van der Waals surface area contributed by atoms with Crippen molar-refractivity contribution in [2.24, 2.45) is 5.92 Å². The molecule has 0 aromatic heterocycles. The number of benzene rings is 2. The van der Waals surface area contributed by atoms with Gasteiger partial charge < -0.3 is 15.1 Å². The SMILES string of the molecule is CCCCN(C(=O)C1CCCN(C(=O)Nc2ccccc2)C1)c1ccccc1. The van der Waals surface area contributed by atoms with Gasteiger partial charge in [0.2, 0.25) is 5.91 Å². The Morgan fingerprint density at radius 2 is 1.75 bits per heavy atom. The van der Waals surface area contributed by atoms with Gasteiger partial charge in [-0.15, -0.1) is 0 Å². The molecule has 148 valence electrons. The van der Waals surface area contributed by atoms with Gasteiger partial charge >= 0.3 is 6.03 Å². The van der Waals surface area contributed by atoms with Crippen molar-refractivity contribution in [3.05, 3.63) is 60.7 Å². The number of hydrogen-bond acceptors (Lipinski definition) is 2. The molecule has 2 aromatic rings. The van der Waals surface area contributed by atoms with Gasteiger partial charge in [-0.2, -0.15) is 0 Å². The van der Waals surface area contributed by atoms with E-state index in [0.29, 0.717) is 19.6 Å². The molecule has 3 amide bonds. The first-order valence-corrected chi connectivity index (χ1v) is 10.2. The number of nitrogens with zero attached hydrogens (tertiary/aromatic N) is 2. The highest BCUT2D eigenvalue weighted by molar-refractivity contribution is 5.96. The van der Waals surface area contributed by atoms with E-state index in [2.05, 4.69) is 12.2 Å². The minimum atomic E-state index is -0.160. The monoisotopic (exact) mass is 379 g/mol. The van der Waals surface area contributed by atoms with E-state index < -0.39 is 0 Å². The summed E-state index contributed by atoms with van der Waals surface area (Å²) < 4.78 is 0. The number of likely N-dealkylation sites (tertiary alicyclic amines) is 1. The molecule has 3 rings (SSSR count). The molecule has 0 saturated carbocycles. The summed E-state index contributed by atoms with van der Waals surface area (Å²) in [5, 5.41) is 2.93. The number of urea groups is 1. The fourth-order valence-corrected chi connectivity index (χ4v) is 3.60. The lowest BCUT2D eigenvalue weighted by Crippen LogP contribution is -2.48. The third-order valence-corrected chi connectivity index (χ3v) is 5.15. The molecule has 1 aliphatic heterocycles. The fourth-order valence-electron chi connectivity index (χ4n) is 3.60. The van der Waals surface area contributed by atoms with Crippen LogP contribution in [0.5, 0.6) is 0 Å². The molecule has 0 aliphatic carbocycles. The van der Waals surface area contributed by atoms with Crippen LogP contribution in [0, 0.1) is 5.92 Å². The third kappa shape index (κ3) is 5.12. The zero-order chi connectivity index (χ0) is 19.8. The van der Waals surface area contributed by atoms with Crippen molar-refractivity contribution in [3.63, 3.8) is 0 Å². The Hall–Kier alpha value is -2.82. The average Bonchev–Trinajstić information content (AvgIpc) is 2.75. The number of anilines is 2. The van der Waals surface area contributed by atoms with Crippen molar-refractivity contribution in [1.29, 1.82) is 0 Å². The van der Waals surface area contributed by atoms with E-state index in [1.54, 1.807) is 4.90 Å². The quantitative estimate of drug-likeness (QED) is 0.786. The van der Waals surface area contributed by atoms with E-state index in [-0.39, 0.29) is 17.9 Å². The van der Waals surface area contributed by atoms with Crippen LogP contribution in [0.15, 0.2) is 60.7 Å². The highest BCUT2D eigenvalue weighted by atomic mass is 16.2. The standard InChI is InChI=1S/C23H29N3O2/c1-2-3-17-26(21-14-8-5-9-15-21)22(27)19-11-10-16-25(18-19)23(28)24-20-12-6-4-7-13-20/h4-9,12-15,19H,2-3,10-11,16-18H2,1H3,(H,24,28). The molecule has 5 heteroatoms. The van der Waals surface area contributed by atoms with E-state index in [9.17, 15) is 9.59 Å². The summed E-state index contributed by atoms with van der Waals surface area (Å²) in [4.78, 5) is 29.6. The lowest BCUT2D eigenvalue weighted by atomic mass is 9.96. The predicted octanol–water partition coefficient (Wildman–Crippen LogP) is 4.76.